The molecule has 0 radical (unpaired) electrons. The third kappa shape index (κ3) is 4.63. The van der Waals surface area contributed by atoms with E-state index in [1.807, 2.05) is 18.3 Å². The summed E-state index contributed by atoms with van der Waals surface area (Å²) >= 11 is 0. The van der Waals surface area contributed by atoms with Gasteiger partial charge in [-0.1, -0.05) is 48.9 Å². The van der Waals surface area contributed by atoms with Gasteiger partial charge in [-0.3, -0.25) is 9.69 Å². The Hall–Kier alpha value is -2.59. The summed E-state index contributed by atoms with van der Waals surface area (Å²) in [6, 6.07) is 16.7. The quantitative estimate of drug-likeness (QED) is 0.643. The second-order valence-electron chi connectivity index (χ2n) is 7.74. The number of fused-ring (bicyclic) bond motifs is 1. The van der Waals surface area contributed by atoms with Crippen molar-refractivity contribution in [3.05, 3.63) is 71.4 Å². The fourth-order valence-electron chi connectivity index (χ4n) is 4.11. The summed E-state index contributed by atoms with van der Waals surface area (Å²) < 4.78 is 0. The highest BCUT2D eigenvalue weighted by Gasteiger charge is 2.13. The van der Waals surface area contributed by atoms with Gasteiger partial charge in [-0.25, -0.2) is 0 Å². The van der Waals surface area contributed by atoms with Crippen LogP contribution in [0.3, 0.4) is 0 Å². The zero-order chi connectivity index (χ0) is 19.2. The molecule has 0 aliphatic carbocycles. The molecule has 4 rings (SSSR count). The van der Waals surface area contributed by atoms with E-state index in [1.54, 1.807) is 0 Å². The highest BCUT2D eigenvalue weighted by Crippen LogP contribution is 2.19. The molecule has 4 heteroatoms. The van der Waals surface area contributed by atoms with Crippen molar-refractivity contribution >= 4 is 16.8 Å². The standard InChI is InChI=1S/C24H29N3O/c28-24(13-12-20-17-25-23-11-5-4-10-22(20)23)26-16-19-8-2-3-9-21(19)18-27-14-6-1-7-15-27/h2-5,8-11,17,25H,1,6-7,12-16,18H2,(H,26,28). The van der Waals surface area contributed by atoms with Gasteiger partial charge in [0.15, 0.2) is 0 Å². The van der Waals surface area contributed by atoms with Crippen molar-refractivity contribution in [1.82, 2.24) is 15.2 Å². The highest BCUT2D eigenvalue weighted by atomic mass is 16.1. The fourth-order valence-corrected chi connectivity index (χ4v) is 4.11. The third-order valence-corrected chi connectivity index (χ3v) is 5.73. The van der Waals surface area contributed by atoms with Crippen molar-refractivity contribution in [3.63, 3.8) is 0 Å². The Balaban J connectivity index is 1.31. The summed E-state index contributed by atoms with van der Waals surface area (Å²) in [4.78, 5) is 18.2. The average Bonchev–Trinajstić information content (AvgIpc) is 3.15. The molecular weight excluding hydrogens is 346 g/mol. The van der Waals surface area contributed by atoms with E-state index in [0.717, 1.165) is 18.5 Å². The minimum atomic E-state index is 0.109. The zero-order valence-electron chi connectivity index (χ0n) is 16.4. The number of benzene rings is 2. The van der Waals surface area contributed by atoms with E-state index in [-0.39, 0.29) is 5.91 Å². The maximum Gasteiger partial charge on any atom is 0.220 e. The lowest BCUT2D eigenvalue weighted by Crippen LogP contribution is -2.30. The van der Waals surface area contributed by atoms with Crippen LogP contribution in [0.25, 0.3) is 10.9 Å². The van der Waals surface area contributed by atoms with Crippen molar-refractivity contribution in [3.8, 4) is 0 Å². The van der Waals surface area contributed by atoms with Gasteiger partial charge in [0.2, 0.25) is 5.91 Å². The SMILES string of the molecule is O=C(CCc1c[nH]c2ccccc12)NCc1ccccc1CN1CCCCC1. The number of aryl methyl sites for hydroxylation is 1. The first kappa shape index (κ1) is 18.8. The number of hydrogen-bond acceptors (Lipinski definition) is 2. The number of piperidine rings is 1. The molecule has 28 heavy (non-hydrogen) atoms. The first-order valence-corrected chi connectivity index (χ1v) is 10.4. The average molecular weight is 376 g/mol. The van der Waals surface area contributed by atoms with Crippen LogP contribution in [0.1, 0.15) is 42.4 Å². The lowest BCUT2D eigenvalue weighted by molar-refractivity contribution is -0.121. The maximum atomic E-state index is 12.4. The van der Waals surface area contributed by atoms with Crippen molar-refractivity contribution < 1.29 is 4.79 Å². The van der Waals surface area contributed by atoms with E-state index < -0.39 is 0 Å². The molecule has 1 fully saturated rings. The number of nitrogens with zero attached hydrogens (tertiary/aromatic N) is 1. The van der Waals surface area contributed by atoms with Crippen LogP contribution in [-0.4, -0.2) is 28.9 Å². The van der Waals surface area contributed by atoms with Crippen LogP contribution in [0, 0.1) is 0 Å². The Kier molecular flexibility index (Phi) is 6.07. The van der Waals surface area contributed by atoms with E-state index in [0.29, 0.717) is 13.0 Å². The number of nitrogens with one attached hydrogen (secondary N) is 2. The van der Waals surface area contributed by atoms with Gasteiger partial charge in [0.05, 0.1) is 0 Å². The molecule has 2 N–H and O–H groups in total. The van der Waals surface area contributed by atoms with Crippen LogP contribution in [0.15, 0.2) is 54.7 Å². The Morgan fingerprint density at radius 1 is 0.929 bits per heavy atom. The van der Waals surface area contributed by atoms with Gasteiger partial charge >= 0.3 is 0 Å². The molecular formula is C24H29N3O. The normalized spacial score (nSPS) is 15.0. The number of hydrogen-bond donors (Lipinski definition) is 2. The summed E-state index contributed by atoms with van der Waals surface area (Å²) in [6.45, 7) is 3.97. The second kappa shape index (κ2) is 9.07. The molecule has 1 saturated heterocycles. The lowest BCUT2D eigenvalue weighted by Gasteiger charge is -2.27. The van der Waals surface area contributed by atoms with Crippen molar-refractivity contribution in [2.45, 2.75) is 45.2 Å². The van der Waals surface area contributed by atoms with Crippen LogP contribution in [0.4, 0.5) is 0 Å². The summed E-state index contributed by atoms with van der Waals surface area (Å²) in [5.41, 5.74) is 4.90. The predicted molar refractivity (Wildman–Crippen MR) is 114 cm³/mol. The van der Waals surface area contributed by atoms with E-state index in [9.17, 15) is 4.79 Å². The molecule has 2 aromatic carbocycles. The van der Waals surface area contributed by atoms with Gasteiger partial charge in [-0.15, -0.1) is 0 Å². The zero-order valence-corrected chi connectivity index (χ0v) is 16.4. The minimum absolute atomic E-state index is 0.109. The molecule has 1 aliphatic rings. The number of likely N-dealkylation sites (tertiary alicyclic amines) is 1. The van der Waals surface area contributed by atoms with Crippen LogP contribution in [0.2, 0.25) is 0 Å². The summed E-state index contributed by atoms with van der Waals surface area (Å²) in [5.74, 6) is 0.109. The van der Waals surface area contributed by atoms with E-state index in [1.165, 1.54) is 54.4 Å². The molecule has 4 nitrogen and oxygen atoms in total. The Morgan fingerprint density at radius 3 is 2.54 bits per heavy atom. The van der Waals surface area contributed by atoms with E-state index in [4.69, 9.17) is 0 Å². The summed E-state index contributed by atoms with van der Waals surface area (Å²) in [5, 5.41) is 4.33. The van der Waals surface area contributed by atoms with Gasteiger partial charge in [0.1, 0.15) is 0 Å². The van der Waals surface area contributed by atoms with Crippen molar-refractivity contribution in [1.29, 1.82) is 0 Å². The van der Waals surface area contributed by atoms with Gasteiger partial charge < -0.3 is 10.3 Å². The number of amides is 1. The Bertz CT molecular complexity index is 924. The number of H-pyrrole nitrogens is 1. The van der Waals surface area contributed by atoms with Crippen LogP contribution in [-0.2, 0) is 24.3 Å². The summed E-state index contributed by atoms with van der Waals surface area (Å²) in [7, 11) is 0. The van der Waals surface area contributed by atoms with Gasteiger partial charge in [0, 0.05) is 36.6 Å². The largest absolute Gasteiger partial charge is 0.361 e. The number of rotatable bonds is 7. The minimum Gasteiger partial charge on any atom is -0.361 e. The smallest absolute Gasteiger partial charge is 0.220 e. The van der Waals surface area contributed by atoms with Crippen LogP contribution >= 0.6 is 0 Å². The van der Waals surface area contributed by atoms with E-state index >= 15 is 0 Å². The van der Waals surface area contributed by atoms with E-state index in [2.05, 4.69) is 51.6 Å². The van der Waals surface area contributed by atoms with Crippen molar-refractivity contribution in [2.75, 3.05) is 13.1 Å². The third-order valence-electron chi connectivity index (χ3n) is 5.73. The number of carbonyl (C=O) groups excluding carboxylic acids is 1. The van der Waals surface area contributed by atoms with Gasteiger partial charge in [0.25, 0.3) is 0 Å². The maximum absolute atomic E-state index is 12.4. The molecule has 0 bridgehead atoms. The first-order chi connectivity index (χ1) is 13.8. The predicted octanol–water partition coefficient (Wildman–Crippen LogP) is 4.40. The molecule has 0 unspecified atom stereocenters. The molecule has 1 aliphatic heterocycles. The van der Waals surface area contributed by atoms with Crippen molar-refractivity contribution in [2.24, 2.45) is 0 Å². The topological polar surface area (TPSA) is 48.1 Å². The second-order valence-corrected chi connectivity index (χ2v) is 7.74. The van der Waals surface area contributed by atoms with Crippen LogP contribution in [0.5, 0.6) is 0 Å². The molecule has 2 heterocycles. The molecule has 3 aromatic rings. The number of aromatic amines is 1. The molecule has 146 valence electrons. The Labute approximate surface area is 166 Å². The molecule has 0 spiro atoms. The first-order valence-electron chi connectivity index (χ1n) is 10.4. The van der Waals surface area contributed by atoms with Gasteiger partial charge in [-0.05, 0) is 55.1 Å². The lowest BCUT2D eigenvalue weighted by atomic mass is 10.0. The Morgan fingerprint density at radius 2 is 1.68 bits per heavy atom. The summed E-state index contributed by atoms with van der Waals surface area (Å²) in [6.07, 6.45) is 7.23. The number of carbonyl (C=O) groups is 1. The molecule has 1 amide bonds. The number of para-hydroxylation sites is 1. The van der Waals surface area contributed by atoms with Crippen LogP contribution < -0.4 is 5.32 Å². The molecule has 1 aromatic heterocycles. The monoisotopic (exact) mass is 375 g/mol. The van der Waals surface area contributed by atoms with Gasteiger partial charge in [-0.2, -0.15) is 0 Å². The molecule has 0 saturated carbocycles. The number of aromatic nitrogens is 1. The fraction of sp³-hybridized carbons (Fsp3) is 0.375. The molecule has 0 atom stereocenters. The highest BCUT2D eigenvalue weighted by molar-refractivity contribution is 5.84.